The summed E-state index contributed by atoms with van der Waals surface area (Å²) in [5.41, 5.74) is 1.98. The number of nitrogens with zero attached hydrogens (tertiary/aromatic N) is 2. The Balaban J connectivity index is 1.52. The van der Waals surface area contributed by atoms with Gasteiger partial charge in [-0.1, -0.05) is 6.07 Å². The number of likely N-dealkylation sites (tertiary alicyclic amines) is 1. The van der Waals surface area contributed by atoms with Crippen molar-refractivity contribution >= 4 is 21.9 Å². The molecule has 2 saturated heterocycles. The van der Waals surface area contributed by atoms with Crippen molar-refractivity contribution in [2.45, 2.75) is 76.8 Å². The number of carbonyl (C=O) groups is 2. The Hall–Kier alpha value is -1.93. The zero-order valence-corrected chi connectivity index (χ0v) is 19.8. The van der Waals surface area contributed by atoms with Crippen LogP contribution in [0.25, 0.3) is 0 Å². The van der Waals surface area contributed by atoms with Gasteiger partial charge in [-0.05, 0) is 83.1 Å². The molecule has 2 aliphatic rings. The molecule has 0 radical (unpaired) electrons. The molecule has 2 heterocycles. The summed E-state index contributed by atoms with van der Waals surface area (Å²) in [4.78, 5) is 27.2. The monoisotopic (exact) mass is 450 g/mol. The Morgan fingerprint density at radius 1 is 1.00 bits per heavy atom. The molecule has 1 amide bonds. The molecule has 2 fully saturated rings. The van der Waals surface area contributed by atoms with Crippen molar-refractivity contribution in [2.75, 3.05) is 19.7 Å². The summed E-state index contributed by atoms with van der Waals surface area (Å²) in [5, 5.41) is 0. The fourth-order valence-corrected chi connectivity index (χ4v) is 6.15. The summed E-state index contributed by atoms with van der Waals surface area (Å²) < 4.78 is 32.6. The first-order valence-corrected chi connectivity index (χ1v) is 12.6. The smallest absolute Gasteiger partial charge is 0.309 e. The first-order chi connectivity index (χ1) is 14.6. The Morgan fingerprint density at radius 3 is 2.19 bits per heavy atom. The number of sulfonamides is 1. The number of piperidine rings is 2. The molecule has 0 N–H and O–H groups in total. The molecule has 0 spiro atoms. The van der Waals surface area contributed by atoms with Crippen molar-refractivity contribution in [1.29, 1.82) is 0 Å². The van der Waals surface area contributed by atoms with Gasteiger partial charge in [0.2, 0.25) is 10.0 Å². The van der Waals surface area contributed by atoms with Crippen LogP contribution in [0, 0.1) is 19.8 Å². The fourth-order valence-electron chi connectivity index (χ4n) is 4.59. The van der Waals surface area contributed by atoms with Gasteiger partial charge in [0.1, 0.15) is 0 Å². The van der Waals surface area contributed by atoms with Crippen LogP contribution in [0.3, 0.4) is 0 Å². The van der Waals surface area contributed by atoms with Crippen LogP contribution < -0.4 is 0 Å². The second kappa shape index (κ2) is 9.69. The number of rotatable bonds is 5. The molecule has 1 aromatic carbocycles. The molecule has 0 unspecified atom stereocenters. The first kappa shape index (κ1) is 23.7. The highest BCUT2D eigenvalue weighted by Gasteiger charge is 2.34. The van der Waals surface area contributed by atoms with E-state index in [9.17, 15) is 18.0 Å². The Labute approximate surface area is 185 Å². The van der Waals surface area contributed by atoms with Crippen LogP contribution in [-0.2, 0) is 24.3 Å². The summed E-state index contributed by atoms with van der Waals surface area (Å²) in [7, 11) is -3.58. The molecular weight excluding hydrogens is 416 g/mol. The highest BCUT2D eigenvalue weighted by molar-refractivity contribution is 7.89. The average Bonchev–Trinajstić information content (AvgIpc) is 2.73. The van der Waals surface area contributed by atoms with Crippen molar-refractivity contribution in [2.24, 2.45) is 5.92 Å². The summed E-state index contributed by atoms with van der Waals surface area (Å²) >= 11 is 0. The molecular formula is C23H34N2O5S. The number of benzene rings is 1. The molecule has 3 rings (SSSR count). The maximum absolute atomic E-state index is 12.9. The van der Waals surface area contributed by atoms with Crippen LogP contribution in [0.4, 0.5) is 0 Å². The Bertz CT molecular complexity index is 912. The van der Waals surface area contributed by atoms with Gasteiger partial charge in [0.15, 0.2) is 6.61 Å². The first-order valence-electron chi connectivity index (χ1n) is 11.2. The predicted octanol–water partition coefficient (Wildman–Crippen LogP) is 3.04. The maximum atomic E-state index is 12.9. The fraction of sp³-hybridized carbons (Fsp3) is 0.652. The molecule has 0 bridgehead atoms. The highest BCUT2D eigenvalue weighted by atomic mass is 32.2. The van der Waals surface area contributed by atoms with E-state index >= 15 is 0 Å². The van der Waals surface area contributed by atoms with Gasteiger partial charge >= 0.3 is 5.97 Å². The van der Waals surface area contributed by atoms with Gasteiger partial charge in [-0.3, -0.25) is 9.59 Å². The zero-order chi connectivity index (χ0) is 22.8. The van der Waals surface area contributed by atoms with Gasteiger partial charge in [0, 0.05) is 25.2 Å². The van der Waals surface area contributed by atoms with Crippen molar-refractivity contribution in [3.63, 3.8) is 0 Å². The summed E-state index contributed by atoms with van der Waals surface area (Å²) in [6, 6.07) is 5.46. The number of aryl methyl sites for hydroxylation is 2. The lowest BCUT2D eigenvalue weighted by Crippen LogP contribution is -2.49. The number of ether oxygens (including phenoxy) is 1. The van der Waals surface area contributed by atoms with Gasteiger partial charge < -0.3 is 9.64 Å². The van der Waals surface area contributed by atoms with Crippen molar-refractivity contribution in [1.82, 2.24) is 9.21 Å². The van der Waals surface area contributed by atoms with Gasteiger partial charge in [-0.15, -0.1) is 0 Å². The molecule has 2 atom stereocenters. The van der Waals surface area contributed by atoms with Gasteiger partial charge in [-0.2, -0.15) is 4.31 Å². The van der Waals surface area contributed by atoms with Crippen molar-refractivity contribution in [3.05, 3.63) is 29.3 Å². The van der Waals surface area contributed by atoms with Gasteiger partial charge in [0.25, 0.3) is 5.91 Å². The molecule has 0 aromatic heterocycles. The third-order valence-corrected chi connectivity index (χ3v) is 8.62. The topological polar surface area (TPSA) is 84.0 Å². The van der Waals surface area contributed by atoms with E-state index in [1.54, 1.807) is 12.1 Å². The van der Waals surface area contributed by atoms with Crippen molar-refractivity contribution in [3.8, 4) is 0 Å². The van der Waals surface area contributed by atoms with Gasteiger partial charge in [-0.25, -0.2) is 8.42 Å². The average molecular weight is 451 g/mol. The number of esters is 1. The summed E-state index contributed by atoms with van der Waals surface area (Å²) in [6.45, 7) is 8.19. The highest BCUT2D eigenvalue weighted by Crippen LogP contribution is 2.26. The predicted molar refractivity (Wildman–Crippen MR) is 118 cm³/mol. The van der Waals surface area contributed by atoms with E-state index in [0.717, 1.165) is 30.4 Å². The maximum Gasteiger partial charge on any atom is 0.309 e. The number of hydrogen-bond acceptors (Lipinski definition) is 5. The molecule has 31 heavy (non-hydrogen) atoms. The van der Waals surface area contributed by atoms with E-state index in [2.05, 4.69) is 0 Å². The molecule has 172 valence electrons. The minimum Gasteiger partial charge on any atom is -0.455 e. The third kappa shape index (κ3) is 5.29. The second-order valence-electron chi connectivity index (χ2n) is 8.96. The SMILES string of the molecule is Cc1ccc(S(=O)(=O)N2CCC(C(=O)OCC(=O)N3[C@H](C)CCC[C@@H]3C)CC2)cc1C. The molecule has 1 aromatic rings. The molecule has 0 aliphatic carbocycles. The lowest BCUT2D eigenvalue weighted by molar-refractivity contribution is -0.158. The van der Waals surface area contributed by atoms with Crippen molar-refractivity contribution < 1.29 is 22.7 Å². The van der Waals surface area contributed by atoms with Crippen LogP contribution in [0.5, 0.6) is 0 Å². The number of carbonyl (C=O) groups excluding carboxylic acids is 2. The van der Waals surface area contributed by atoms with Crippen LogP contribution in [-0.4, -0.2) is 61.3 Å². The van der Waals surface area contributed by atoms with Crippen LogP contribution in [0.1, 0.15) is 57.1 Å². The second-order valence-corrected chi connectivity index (χ2v) is 10.9. The lowest BCUT2D eigenvalue weighted by Gasteiger charge is -2.39. The summed E-state index contributed by atoms with van der Waals surface area (Å²) in [6.07, 6.45) is 3.84. The number of hydrogen-bond donors (Lipinski definition) is 0. The van der Waals surface area contributed by atoms with E-state index in [0.29, 0.717) is 12.8 Å². The van der Waals surface area contributed by atoms with Gasteiger partial charge in [0.05, 0.1) is 10.8 Å². The van der Waals surface area contributed by atoms with E-state index in [1.807, 2.05) is 38.7 Å². The van der Waals surface area contributed by atoms with Crippen LogP contribution >= 0.6 is 0 Å². The largest absolute Gasteiger partial charge is 0.455 e. The van der Waals surface area contributed by atoms with E-state index < -0.39 is 16.0 Å². The molecule has 0 saturated carbocycles. The molecule has 8 heteroatoms. The lowest BCUT2D eigenvalue weighted by atomic mass is 9.97. The minimum atomic E-state index is -3.58. The minimum absolute atomic E-state index is 0.150. The zero-order valence-electron chi connectivity index (χ0n) is 19.0. The van der Waals surface area contributed by atoms with E-state index in [1.165, 1.54) is 4.31 Å². The number of amides is 1. The van der Waals surface area contributed by atoms with E-state index in [4.69, 9.17) is 4.74 Å². The molecule has 7 nitrogen and oxygen atoms in total. The van der Waals surface area contributed by atoms with Crippen LogP contribution in [0.15, 0.2) is 23.1 Å². The van der Waals surface area contributed by atoms with Crippen LogP contribution in [0.2, 0.25) is 0 Å². The summed E-state index contributed by atoms with van der Waals surface area (Å²) in [5.74, 6) is -0.938. The molecule has 2 aliphatic heterocycles. The normalized spacial score (nSPS) is 23.5. The third-order valence-electron chi connectivity index (χ3n) is 6.72. The Morgan fingerprint density at radius 2 is 1.61 bits per heavy atom. The quantitative estimate of drug-likeness (QED) is 0.644. The standard InChI is InChI=1S/C23H34N2O5S/c1-16-8-9-21(14-17(16)2)31(28,29)24-12-10-20(11-13-24)23(27)30-15-22(26)25-18(3)6-5-7-19(25)4/h8-9,14,18-20H,5-7,10-13,15H2,1-4H3/t18-,19+. The van der Waals surface area contributed by atoms with E-state index in [-0.39, 0.29) is 48.5 Å². The Kier molecular flexibility index (Phi) is 7.42.